The van der Waals surface area contributed by atoms with Crippen molar-refractivity contribution in [2.45, 2.75) is 53.4 Å². The molecule has 29 heavy (non-hydrogen) atoms. The van der Waals surface area contributed by atoms with E-state index < -0.39 is 0 Å². The van der Waals surface area contributed by atoms with Crippen molar-refractivity contribution >= 4 is 17.3 Å². The predicted molar refractivity (Wildman–Crippen MR) is 117 cm³/mol. The van der Waals surface area contributed by atoms with Gasteiger partial charge in [-0.2, -0.15) is 5.10 Å². The fraction of sp³-hybridized carbons (Fsp3) is 0.650. The van der Waals surface area contributed by atoms with E-state index in [1.807, 2.05) is 25.6 Å². The third-order valence-corrected chi connectivity index (χ3v) is 5.85. The molecule has 0 saturated heterocycles. The Bertz CT molecular complexity index is 801. The van der Waals surface area contributed by atoms with Gasteiger partial charge in [-0.25, -0.2) is 9.98 Å². The maximum absolute atomic E-state index is 5.36. The van der Waals surface area contributed by atoms with Crippen molar-refractivity contribution in [2.24, 2.45) is 4.99 Å². The number of guanidine groups is 1. The summed E-state index contributed by atoms with van der Waals surface area (Å²) in [6.45, 7) is 11.7. The van der Waals surface area contributed by atoms with E-state index in [0.29, 0.717) is 19.7 Å². The average molecular weight is 423 g/mol. The van der Waals surface area contributed by atoms with Gasteiger partial charge in [0.25, 0.3) is 0 Å². The summed E-state index contributed by atoms with van der Waals surface area (Å²) in [5.41, 5.74) is 4.33. The summed E-state index contributed by atoms with van der Waals surface area (Å²) >= 11 is 1.63. The van der Waals surface area contributed by atoms with Gasteiger partial charge in [0.2, 0.25) is 0 Å². The smallest absolute Gasteiger partial charge is 0.194 e. The van der Waals surface area contributed by atoms with Crippen LogP contribution in [0.2, 0.25) is 0 Å². The Hall–Kier alpha value is -1.97. The van der Waals surface area contributed by atoms with Crippen molar-refractivity contribution in [1.82, 2.24) is 25.0 Å². The topological polar surface area (TPSA) is 76.8 Å². The van der Waals surface area contributed by atoms with Gasteiger partial charge in [-0.1, -0.05) is 0 Å². The molecule has 2 aromatic rings. The van der Waals surface area contributed by atoms with Crippen LogP contribution < -0.4 is 5.32 Å². The molecule has 2 aromatic heterocycles. The minimum Gasteiger partial charge on any atom is -0.383 e. The Kier molecular flexibility index (Phi) is 9.06. The van der Waals surface area contributed by atoms with Crippen LogP contribution in [0.3, 0.4) is 0 Å². The standard InChI is InChI=1S/C20H34N6O2S/c1-8-21-20(25(5)12-17-13-29-19(23-17)16(4)28-7)22-11-18-14(2)24-26(15(18)3)9-10-27-6/h13,16H,8-12H2,1-7H3,(H,21,22). The molecule has 0 aliphatic carbocycles. The lowest BCUT2D eigenvalue weighted by molar-refractivity contribution is 0.119. The Morgan fingerprint density at radius 1 is 1.38 bits per heavy atom. The quantitative estimate of drug-likeness (QED) is 0.469. The average Bonchev–Trinajstić information content (AvgIpc) is 3.27. The van der Waals surface area contributed by atoms with Crippen molar-refractivity contribution in [3.8, 4) is 0 Å². The number of aryl methyl sites for hydroxylation is 1. The highest BCUT2D eigenvalue weighted by Gasteiger charge is 2.14. The van der Waals surface area contributed by atoms with Crippen LogP contribution in [-0.4, -0.2) is 60.0 Å². The van der Waals surface area contributed by atoms with Crippen LogP contribution in [0.25, 0.3) is 0 Å². The van der Waals surface area contributed by atoms with Gasteiger partial charge in [-0.15, -0.1) is 11.3 Å². The van der Waals surface area contributed by atoms with Crippen LogP contribution in [0, 0.1) is 13.8 Å². The number of aromatic nitrogens is 3. The number of thiazole rings is 1. The Morgan fingerprint density at radius 2 is 2.14 bits per heavy atom. The molecule has 0 bridgehead atoms. The van der Waals surface area contributed by atoms with Gasteiger partial charge in [-0.05, 0) is 27.7 Å². The van der Waals surface area contributed by atoms with Crippen LogP contribution >= 0.6 is 11.3 Å². The first-order chi connectivity index (χ1) is 13.9. The van der Waals surface area contributed by atoms with E-state index in [1.54, 1.807) is 25.6 Å². The van der Waals surface area contributed by atoms with Gasteiger partial charge in [0.05, 0.1) is 37.6 Å². The lowest BCUT2D eigenvalue weighted by atomic mass is 10.2. The molecule has 0 saturated carbocycles. The van der Waals surface area contributed by atoms with Crippen molar-refractivity contribution in [3.63, 3.8) is 0 Å². The Balaban J connectivity index is 2.11. The number of nitrogens with one attached hydrogen (secondary N) is 1. The fourth-order valence-corrected chi connectivity index (χ4v) is 3.82. The summed E-state index contributed by atoms with van der Waals surface area (Å²) in [7, 11) is 5.44. The second-order valence-corrected chi connectivity index (χ2v) is 7.84. The first kappa shape index (κ1) is 23.3. The summed E-state index contributed by atoms with van der Waals surface area (Å²) < 4.78 is 12.5. The monoisotopic (exact) mass is 422 g/mol. The van der Waals surface area contributed by atoms with E-state index in [9.17, 15) is 0 Å². The highest BCUT2D eigenvalue weighted by Crippen LogP contribution is 2.21. The normalized spacial score (nSPS) is 13.0. The van der Waals surface area contributed by atoms with Crippen LogP contribution in [-0.2, 0) is 29.1 Å². The van der Waals surface area contributed by atoms with Crippen molar-refractivity contribution in [3.05, 3.63) is 33.0 Å². The van der Waals surface area contributed by atoms with E-state index in [4.69, 9.17) is 14.5 Å². The predicted octanol–water partition coefficient (Wildman–Crippen LogP) is 2.91. The third-order valence-electron chi connectivity index (χ3n) is 4.79. The van der Waals surface area contributed by atoms with Crippen LogP contribution in [0.5, 0.6) is 0 Å². The number of aliphatic imine (C=N–C) groups is 1. The van der Waals surface area contributed by atoms with Crippen LogP contribution in [0.4, 0.5) is 0 Å². The Morgan fingerprint density at radius 3 is 2.79 bits per heavy atom. The molecule has 0 aliphatic heterocycles. The minimum atomic E-state index is 0.0153. The summed E-state index contributed by atoms with van der Waals surface area (Å²) in [5, 5.41) is 11.1. The van der Waals surface area contributed by atoms with E-state index in [-0.39, 0.29) is 6.10 Å². The highest BCUT2D eigenvalue weighted by molar-refractivity contribution is 7.09. The minimum absolute atomic E-state index is 0.0153. The number of nitrogens with zero attached hydrogens (tertiary/aromatic N) is 5. The lowest BCUT2D eigenvalue weighted by Gasteiger charge is -2.21. The molecular formula is C20H34N6O2S. The van der Waals surface area contributed by atoms with Crippen LogP contribution in [0.1, 0.15) is 47.6 Å². The van der Waals surface area contributed by atoms with Gasteiger partial charge < -0.3 is 19.7 Å². The summed E-state index contributed by atoms with van der Waals surface area (Å²) in [6, 6.07) is 0. The molecule has 0 aromatic carbocycles. The zero-order valence-electron chi connectivity index (χ0n) is 18.7. The molecule has 162 valence electrons. The SMILES string of the molecule is CCNC(=NCc1c(C)nn(CCOC)c1C)N(C)Cc1csc(C(C)OC)n1. The maximum Gasteiger partial charge on any atom is 0.194 e. The molecule has 1 N–H and O–H groups in total. The van der Waals surface area contributed by atoms with Crippen molar-refractivity contribution in [1.29, 1.82) is 0 Å². The molecule has 0 spiro atoms. The molecule has 2 rings (SSSR count). The van der Waals surface area contributed by atoms with E-state index in [2.05, 4.69) is 39.5 Å². The largest absolute Gasteiger partial charge is 0.383 e. The van der Waals surface area contributed by atoms with Gasteiger partial charge in [0, 0.05) is 44.4 Å². The second kappa shape index (κ2) is 11.3. The summed E-state index contributed by atoms with van der Waals surface area (Å²) in [6.07, 6.45) is 0.0153. The molecule has 0 aliphatic rings. The van der Waals surface area contributed by atoms with E-state index in [1.165, 1.54) is 0 Å². The van der Waals surface area contributed by atoms with Crippen LogP contribution in [0.15, 0.2) is 10.4 Å². The number of hydrogen-bond acceptors (Lipinski definition) is 6. The first-order valence-electron chi connectivity index (χ1n) is 9.89. The van der Waals surface area contributed by atoms with E-state index in [0.717, 1.165) is 46.7 Å². The molecule has 0 radical (unpaired) electrons. The number of hydrogen-bond donors (Lipinski definition) is 1. The van der Waals surface area contributed by atoms with Crippen molar-refractivity contribution < 1.29 is 9.47 Å². The van der Waals surface area contributed by atoms with E-state index >= 15 is 0 Å². The molecule has 2 heterocycles. The molecule has 1 atom stereocenters. The first-order valence-corrected chi connectivity index (χ1v) is 10.8. The van der Waals surface area contributed by atoms with Gasteiger partial charge in [0.1, 0.15) is 11.1 Å². The van der Waals surface area contributed by atoms with Gasteiger partial charge >= 0.3 is 0 Å². The molecule has 8 nitrogen and oxygen atoms in total. The number of ether oxygens (including phenoxy) is 2. The lowest BCUT2D eigenvalue weighted by Crippen LogP contribution is -2.38. The Labute approximate surface area is 177 Å². The van der Waals surface area contributed by atoms with Gasteiger partial charge in [-0.3, -0.25) is 4.68 Å². The summed E-state index contributed by atoms with van der Waals surface area (Å²) in [4.78, 5) is 11.6. The van der Waals surface area contributed by atoms with Crippen molar-refractivity contribution in [2.75, 3.05) is 34.4 Å². The molecule has 1 unspecified atom stereocenters. The van der Waals surface area contributed by atoms with Gasteiger partial charge in [0.15, 0.2) is 5.96 Å². The molecule has 9 heteroatoms. The zero-order valence-corrected chi connectivity index (χ0v) is 19.5. The number of rotatable bonds is 10. The maximum atomic E-state index is 5.36. The third kappa shape index (κ3) is 6.25. The fourth-order valence-electron chi connectivity index (χ4n) is 2.98. The summed E-state index contributed by atoms with van der Waals surface area (Å²) in [5.74, 6) is 0.852. The molecule has 0 fully saturated rings. The molecule has 0 amide bonds. The second-order valence-electron chi connectivity index (χ2n) is 6.95. The highest BCUT2D eigenvalue weighted by atomic mass is 32.1. The zero-order chi connectivity index (χ0) is 21.4. The number of methoxy groups -OCH3 is 2. The molecular weight excluding hydrogens is 388 g/mol.